The second-order valence-corrected chi connectivity index (χ2v) is 10.4. The molecule has 3 aliphatic heterocycles. The number of nitrogens with zero attached hydrogens (tertiary/aromatic N) is 1. The molecule has 1 N–H and O–H groups in total. The summed E-state index contributed by atoms with van der Waals surface area (Å²) in [5.41, 5.74) is 2.78. The highest BCUT2D eigenvalue weighted by Gasteiger charge is 2.70. The Hall–Kier alpha value is -4.97. The molecular formula is C34H26N2O4. The maximum atomic E-state index is 14.8. The smallest absolute Gasteiger partial charge is 0.238 e. The minimum atomic E-state index is -1.35. The molecule has 1 spiro atoms. The lowest BCUT2D eigenvalue weighted by atomic mass is 9.62. The molecule has 3 aliphatic rings. The molecular weight excluding hydrogens is 500 g/mol. The van der Waals surface area contributed by atoms with Crippen LogP contribution >= 0.6 is 0 Å². The van der Waals surface area contributed by atoms with Gasteiger partial charge in [0, 0.05) is 23.0 Å². The number of Topliss-reactive ketones (excluding diaryl/α,β-unsaturated/α-hetero) is 2. The van der Waals surface area contributed by atoms with Gasteiger partial charge in [0.2, 0.25) is 5.91 Å². The number of rotatable bonds is 5. The normalized spacial score (nSPS) is 23.8. The van der Waals surface area contributed by atoms with E-state index in [-0.39, 0.29) is 17.5 Å². The predicted octanol–water partition coefficient (Wildman–Crippen LogP) is 5.68. The van der Waals surface area contributed by atoms with Gasteiger partial charge in [0.15, 0.2) is 11.6 Å². The van der Waals surface area contributed by atoms with Gasteiger partial charge in [-0.2, -0.15) is 0 Å². The molecule has 0 saturated carbocycles. The molecule has 196 valence electrons. The number of nitrogens with one attached hydrogen (secondary N) is 1. The van der Waals surface area contributed by atoms with Gasteiger partial charge in [-0.1, -0.05) is 84.9 Å². The van der Waals surface area contributed by atoms with Gasteiger partial charge >= 0.3 is 0 Å². The first-order chi connectivity index (χ1) is 19.6. The Labute approximate surface area is 231 Å². The van der Waals surface area contributed by atoms with Crippen molar-refractivity contribution in [3.63, 3.8) is 0 Å². The molecule has 1 amide bonds. The quantitative estimate of drug-likeness (QED) is 0.339. The van der Waals surface area contributed by atoms with Crippen molar-refractivity contribution in [2.45, 2.75) is 17.5 Å². The van der Waals surface area contributed by atoms with Crippen LogP contribution in [0.1, 0.15) is 43.4 Å². The maximum absolute atomic E-state index is 14.8. The Morgan fingerprint density at radius 1 is 0.825 bits per heavy atom. The van der Waals surface area contributed by atoms with E-state index in [1.807, 2.05) is 83.9 Å². The van der Waals surface area contributed by atoms with Crippen LogP contribution < -0.4 is 10.1 Å². The molecule has 40 heavy (non-hydrogen) atoms. The first-order valence-corrected chi connectivity index (χ1v) is 13.3. The highest BCUT2D eigenvalue weighted by atomic mass is 16.5. The Kier molecular flexibility index (Phi) is 5.46. The Morgan fingerprint density at radius 3 is 2.38 bits per heavy atom. The number of fused-ring (bicyclic) bond motifs is 6. The number of para-hydroxylation sites is 1. The van der Waals surface area contributed by atoms with Gasteiger partial charge < -0.3 is 15.0 Å². The van der Waals surface area contributed by atoms with E-state index >= 15 is 0 Å². The third kappa shape index (κ3) is 3.26. The van der Waals surface area contributed by atoms with Crippen molar-refractivity contribution in [3.8, 4) is 5.75 Å². The summed E-state index contributed by atoms with van der Waals surface area (Å²) in [6.07, 6.45) is 3.84. The third-order valence-corrected chi connectivity index (χ3v) is 8.53. The van der Waals surface area contributed by atoms with Crippen LogP contribution in [0, 0.1) is 5.92 Å². The van der Waals surface area contributed by atoms with Crippen LogP contribution in [0.5, 0.6) is 5.75 Å². The van der Waals surface area contributed by atoms with E-state index in [9.17, 15) is 14.4 Å². The molecule has 3 heterocycles. The van der Waals surface area contributed by atoms with Crippen LogP contribution in [0.15, 0.2) is 109 Å². The number of benzene rings is 4. The van der Waals surface area contributed by atoms with Crippen molar-refractivity contribution in [2.75, 3.05) is 12.4 Å². The van der Waals surface area contributed by atoms with E-state index in [0.717, 1.165) is 16.7 Å². The van der Waals surface area contributed by atoms with Crippen molar-refractivity contribution >= 4 is 29.2 Å². The largest absolute Gasteiger partial charge is 0.497 e. The van der Waals surface area contributed by atoms with Crippen molar-refractivity contribution in [1.29, 1.82) is 0 Å². The summed E-state index contributed by atoms with van der Waals surface area (Å²) in [5, 5.41) is 3.07. The molecule has 1 saturated heterocycles. The fourth-order valence-corrected chi connectivity index (χ4v) is 6.90. The van der Waals surface area contributed by atoms with Gasteiger partial charge in [-0.15, -0.1) is 0 Å². The van der Waals surface area contributed by atoms with Gasteiger partial charge in [-0.3, -0.25) is 14.4 Å². The fourth-order valence-electron chi connectivity index (χ4n) is 6.90. The fraction of sp³-hybridized carbons (Fsp3) is 0.147. The monoisotopic (exact) mass is 526 g/mol. The number of carbonyl (C=O) groups excluding carboxylic acids is 3. The van der Waals surface area contributed by atoms with E-state index in [1.165, 1.54) is 0 Å². The van der Waals surface area contributed by atoms with Gasteiger partial charge in [-0.25, -0.2) is 0 Å². The zero-order valence-corrected chi connectivity index (χ0v) is 21.8. The molecule has 4 aromatic rings. The highest BCUT2D eigenvalue weighted by Crippen LogP contribution is 2.62. The van der Waals surface area contributed by atoms with Crippen LogP contribution in [-0.4, -0.2) is 35.5 Å². The molecule has 1 fully saturated rings. The summed E-state index contributed by atoms with van der Waals surface area (Å²) in [4.78, 5) is 45.6. The third-order valence-electron chi connectivity index (χ3n) is 8.53. The molecule has 4 aromatic carbocycles. The molecule has 7 rings (SSSR count). The van der Waals surface area contributed by atoms with Crippen LogP contribution in [-0.2, 0) is 10.2 Å². The highest BCUT2D eigenvalue weighted by molar-refractivity contribution is 6.16. The number of anilines is 1. The maximum Gasteiger partial charge on any atom is 0.238 e. The Bertz CT molecular complexity index is 1710. The topological polar surface area (TPSA) is 75.7 Å². The zero-order valence-electron chi connectivity index (χ0n) is 21.8. The lowest BCUT2D eigenvalue weighted by Crippen LogP contribution is -2.49. The predicted molar refractivity (Wildman–Crippen MR) is 152 cm³/mol. The molecule has 0 aromatic heterocycles. The second-order valence-electron chi connectivity index (χ2n) is 10.4. The van der Waals surface area contributed by atoms with Crippen LogP contribution in [0.3, 0.4) is 0 Å². The number of methoxy groups -OCH3 is 1. The summed E-state index contributed by atoms with van der Waals surface area (Å²) in [7, 11) is 1.55. The summed E-state index contributed by atoms with van der Waals surface area (Å²) in [6.45, 7) is 0. The molecule has 0 radical (unpaired) electrons. The lowest BCUT2D eigenvalue weighted by Gasteiger charge is -2.38. The number of ketones is 2. The van der Waals surface area contributed by atoms with Gasteiger partial charge in [0.1, 0.15) is 17.2 Å². The number of amides is 1. The molecule has 4 atom stereocenters. The van der Waals surface area contributed by atoms with Crippen molar-refractivity contribution < 1.29 is 19.1 Å². The number of carbonyl (C=O) groups is 3. The van der Waals surface area contributed by atoms with Crippen molar-refractivity contribution in [1.82, 2.24) is 4.90 Å². The SMILES string of the molecule is COc1cccc(C(=O)[C@H]2[C@@H](C(=O)c3ccccc3)N3C=Cc4ccccc4[C@@H]3[C@]23C(=O)Nc2ccccc23)c1. The average molecular weight is 527 g/mol. The van der Waals surface area contributed by atoms with E-state index in [0.29, 0.717) is 22.6 Å². The summed E-state index contributed by atoms with van der Waals surface area (Å²) in [5.74, 6) is -1.25. The number of hydrogen-bond acceptors (Lipinski definition) is 5. The standard InChI is InChI=1S/C34H26N2O4/c1-40-24-14-9-13-23(20-24)30(37)28-29(31(38)22-11-3-2-4-12-22)36-19-18-21-10-5-6-15-25(21)32(36)34(28)26-16-7-8-17-27(26)35-33(34)39/h2-20,28-29,32H,1H3,(H,35,39)/t28-,29+,32-,34-/m1/s1. The number of hydrogen-bond donors (Lipinski definition) is 1. The van der Waals surface area contributed by atoms with Gasteiger partial charge in [0.25, 0.3) is 0 Å². The van der Waals surface area contributed by atoms with E-state index in [4.69, 9.17) is 4.74 Å². The van der Waals surface area contributed by atoms with Crippen LogP contribution in [0.2, 0.25) is 0 Å². The van der Waals surface area contributed by atoms with Gasteiger partial charge in [-0.05, 0) is 41.0 Å². The summed E-state index contributed by atoms with van der Waals surface area (Å²) in [6, 6.07) is 29.8. The summed E-state index contributed by atoms with van der Waals surface area (Å²) >= 11 is 0. The molecule has 6 heteroatoms. The summed E-state index contributed by atoms with van der Waals surface area (Å²) < 4.78 is 5.43. The van der Waals surface area contributed by atoms with E-state index in [2.05, 4.69) is 5.32 Å². The Morgan fingerprint density at radius 2 is 1.55 bits per heavy atom. The molecule has 0 bridgehead atoms. The Balaban J connectivity index is 1.54. The zero-order chi connectivity index (χ0) is 27.4. The molecule has 6 nitrogen and oxygen atoms in total. The van der Waals surface area contributed by atoms with Crippen LogP contribution in [0.4, 0.5) is 5.69 Å². The minimum Gasteiger partial charge on any atom is -0.497 e. The second kappa shape index (κ2) is 9.06. The lowest BCUT2D eigenvalue weighted by molar-refractivity contribution is -0.122. The van der Waals surface area contributed by atoms with Crippen LogP contribution in [0.25, 0.3) is 6.08 Å². The van der Waals surface area contributed by atoms with E-state index in [1.54, 1.807) is 43.5 Å². The first kappa shape index (κ1) is 24.1. The molecule has 0 unspecified atom stereocenters. The average Bonchev–Trinajstić information content (AvgIpc) is 3.49. The minimum absolute atomic E-state index is 0.204. The van der Waals surface area contributed by atoms with Gasteiger partial charge in [0.05, 0.1) is 19.1 Å². The van der Waals surface area contributed by atoms with E-state index < -0.39 is 23.4 Å². The molecule has 0 aliphatic carbocycles. The number of ether oxygens (including phenoxy) is 1. The van der Waals surface area contributed by atoms with Crippen molar-refractivity contribution in [3.05, 3.63) is 137 Å². The first-order valence-electron chi connectivity index (χ1n) is 13.3. The van der Waals surface area contributed by atoms with Crippen molar-refractivity contribution in [2.24, 2.45) is 5.92 Å².